The van der Waals surface area contributed by atoms with Crippen molar-refractivity contribution in [2.24, 2.45) is 11.8 Å². The molecule has 2 saturated heterocycles. The summed E-state index contributed by atoms with van der Waals surface area (Å²) in [5.41, 5.74) is 2.25. The van der Waals surface area contributed by atoms with Crippen LogP contribution >= 0.6 is 0 Å². The van der Waals surface area contributed by atoms with Crippen molar-refractivity contribution in [2.45, 2.75) is 13.5 Å². The molecule has 3 heterocycles. The number of hydrogen-bond donors (Lipinski definition) is 2. The van der Waals surface area contributed by atoms with Gasteiger partial charge in [-0.2, -0.15) is 5.21 Å². The lowest BCUT2D eigenvalue weighted by Gasteiger charge is -2.36. The average molecular weight is 386 g/mol. The fraction of sp³-hybridized carbons (Fsp3) is 0.650. The summed E-state index contributed by atoms with van der Waals surface area (Å²) in [4.78, 5) is 7.58. The molecule has 1 aromatic carbocycles. The molecule has 8 heteroatoms. The maximum atomic E-state index is 9.90. The standard InChI is InChI=1S/C20H31N7O/c1-2-25-7-9-26(10-8-25)12-18-13-27(14-19(18)15-28)11-16-3-5-17(6-4-16)20-21-23-24-22-20/h3-6,18-19,28H,2,7-15H2,1H3,(H,21,22,23,24)/t18-,19-/m1/s1. The van der Waals surface area contributed by atoms with Gasteiger partial charge in [0.2, 0.25) is 5.82 Å². The molecule has 0 radical (unpaired) electrons. The number of tetrazole rings is 1. The van der Waals surface area contributed by atoms with Crippen molar-refractivity contribution in [3.63, 3.8) is 0 Å². The van der Waals surface area contributed by atoms with E-state index in [4.69, 9.17) is 0 Å². The maximum absolute atomic E-state index is 9.90. The Morgan fingerprint density at radius 1 is 1.00 bits per heavy atom. The summed E-state index contributed by atoms with van der Waals surface area (Å²) in [6.45, 7) is 12.4. The topological polar surface area (TPSA) is 84.4 Å². The second kappa shape index (κ2) is 9.09. The van der Waals surface area contributed by atoms with E-state index in [0.717, 1.165) is 51.4 Å². The van der Waals surface area contributed by atoms with Gasteiger partial charge in [-0.1, -0.05) is 31.2 Å². The third-order valence-electron chi connectivity index (χ3n) is 6.26. The number of hydrogen-bond acceptors (Lipinski definition) is 7. The Kier molecular flexibility index (Phi) is 6.31. The quantitative estimate of drug-likeness (QED) is 0.720. The molecule has 4 rings (SSSR count). The second-order valence-corrected chi connectivity index (χ2v) is 8.06. The molecule has 2 fully saturated rings. The minimum Gasteiger partial charge on any atom is -0.396 e. The highest BCUT2D eigenvalue weighted by atomic mass is 16.3. The summed E-state index contributed by atoms with van der Waals surface area (Å²) < 4.78 is 0. The van der Waals surface area contributed by atoms with E-state index in [0.29, 0.717) is 17.7 Å². The van der Waals surface area contributed by atoms with Gasteiger partial charge in [0.25, 0.3) is 0 Å². The van der Waals surface area contributed by atoms with E-state index in [9.17, 15) is 5.11 Å². The van der Waals surface area contributed by atoms with Gasteiger partial charge in [0.1, 0.15) is 0 Å². The van der Waals surface area contributed by atoms with Gasteiger partial charge < -0.3 is 14.9 Å². The second-order valence-electron chi connectivity index (χ2n) is 8.06. The Morgan fingerprint density at radius 2 is 1.71 bits per heavy atom. The summed E-state index contributed by atoms with van der Waals surface area (Å²) in [5, 5.41) is 24.0. The normalized spacial score (nSPS) is 24.8. The number of H-pyrrole nitrogens is 1. The monoisotopic (exact) mass is 385 g/mol. The largest absolute Gasteiger partial charge is 0.396 e. The summed E-state index contributed by atoms with van der Waals surface area (Å²) >= 11 is 0. The molecule has 2 aliphatic rings. The van der Waals surface area contributed by atoms with Gasteiger partial charge in [-0.05, 0) is 29.2 Å². The van der Waals surface area contributed by atoms with Gasteiger partial charge in [0.15, 0.2) is 0 Å². The molecule has 0 unspecified atom stereocenters. The molecule has 2 aromatic rings. The molecule has 2 N–H and O–H groups in total. The zero-order valence-electron chi connectivity index (χ0n) is 16.7. The first-order valence-electron chi connectivity index (χ1n) is 10.4. The van der Waals surface area contributed by atoms with Crippen molar-refractivity contribution in [3.8, 4) is 11.4 Å². The van der Waals surface area contributed by atoms with Crippen LogP contribution in [0.15, 0.2) is 24.3 Å². The van der Waals surface area contributed by atoms with Crippen LogP contribution in [0.2, 0.25) is 0 Å². The number of aliphatic hydroxyl groups excluding tert-OH is 1. The molecule has 0 spiro atoms. The first-order valence-corrected chi connectivity index (χ1v) is 10.4. The summed E-state index contributed by atoms with van der Waals surface area (Å²) in [5.74, 6) is 1.55. The first-order chi connectivity index (χ1) is 13.7. The van der Waals surface area contributed by atoms with E-state index in [1.807, 2.05) is 12.1 Å². The zero-order chi connectivity index (χ0) is 19.3. The molecular weight excluding hydrogens is 354 g/mol. The first kappa shape index (κ1) is 19.4. The molecule has 0 amide bonds. The number of nitrogens with one attached hydrogen (secondary N) is 1. The SMILES string of the molecule is CCN1CCN(C[C@@H]2CN(Cc3ccc(-c4nn[nH]n4)cc3)C[C@@H]2CO)CC1. The predicted molar refractivity (Wildman–Crippen MR) is 108 cm³/mol. The molecule has 1 aromatic heterocycles. The number of aromatic nitrogens is 4. The van der Waals surface area contributed by atoms with E-state index >= 15 is 0 Å². The van der Waals surface area contributed by atoms with Crippen LogP contribution in [-0.2, 0) is 6.54 Å². The number of likely N-dealkylation sites (N-methyl/N-ethyl adjacent to an activating group) is 1. The fourth-order valence-corrected chi connectivity index (χ4v) is 4.50. The lowest BCUT2D eigenvalue weighted by atomic mass is 9.96. The third kappa shape index (κ3) is 4.57. The lowest BCUT2D eigenvalue weighted by molar-refractivity contribution is 0.106. The Hall–Kier alpha value is -1.87. The molecule has 8 nitrogen and oxygen atoms in total. The van der Waals surface area contributed by atoms with Gasteiger partial charge in [0, 0.05) is 64.5 Å². The fourth-order valence-electron chi connectivity index (χ4n) is 4.50. The van der Waals surface area contributed by atoms with Gasteiger partial charge >= 0.3 is 0 Å². The molecule has 2 aliphatic heterocycles. The lowest BCUT2D eigenvalue weighted by Crippen LogP contribution is -2.48. The van der Waals surface area contributed by atoms with Crippen molar-refractivity contribution in [1.82, 2.24) is 35.3 Å². The van der Waals surface area contributed by atoms with E-state index in [1.54, 1.807) is 0 Å². The van der Waals surface area contributed by atoms with Crippen molar-refractivity contribution >= 4 is 0 Å². The van der Waals surface area contributed by atoms with Crippen molar-refractivity contribution in [3.05, 3.63) is 29.8 Å². The number of nitrogens with zero attached hydrogens (tertiary/aromatic N) is 6. The molecule has 0 saturated carbocycles. The Labute approximate surface area is 166 Å². The number of piperazine rings is 1. The van der Waals surface area contributed by atoms with E-state index in [2.05, 4.69) is 54.4 Å². The van der Waals surface area contributed by atoms with Crippen LogP contribution in [0.1, 0.15) is 12.5 Å². The van der Waals surface area contributed by atoms with E-state index < -0.39 is 0 Å². The number of rotatable bonds is 7. The smallest absolute Gasteiger partial charge is 0.204 e. The molecule has 0 aliphatic carbocycles. The number of aromatic amines is 1. The maximum Gasteiger partial charge on any atom is 0.204 e. The Balaban J connectivity index is 1.31. The molecule has 2 atom stereocenters. The molecule has 28 heavy (non-hydrogen) atoms. The number of aliphatic hydroxyl groups is 1. The minimum atomic E-state index is 0.285. The van der Waals surface area contributed by atoms with Crippen LogP contribution in [0, 0.1) is 11.8 Å². The summed E-state index contributed by atoms with van der Waals surface area (Å²) in [6, 6.07) is 8.36. The predicted octanol–water partition coefficient (Wildman–Crippen LogP) is 0.545. The highest BCUT2D eigenvalue weighted by Crippen LogP contribution is 2.26. The molecular formula is C20H31N7O. The zero-order valence-corrected chi connectivity index (χ0v) is 16.7. The number of benzene rings is 1. The average Bonchev–Trinajstić information content (AvgIpc) is 3.39. The van der Waals surface area contributed by atoms with Gasteiger partial charge in [-0.15, -0.1) is 10.2 Å². The van der Waals surface area contributed by atoms with Crippen molar-refractivity contribution in [1.29, 1.82) is 0 Å². The van der Waals surface area contributed by atoms with Crippen molar-refractivity contribution in [2.75, 3.05) is 59.0 Å². The third-order valence-corrected chi connectivity index (χ3v) is 6.26. The highest BCUT2D eigenvalue weighted by molar-refractivity contribution is 5.54. The van der Waals surface area contributed by atoms with E-state index in [-0.39, 0.29) is 6.61 Å². The van der Waals surface area contributed by atoms with Crippen molar-refractivity contribution < 1.29 is 5.11 Å². The Bertz CT molecular complexity index is 713. The van der Waals surface area contributed by atoms with Crippen LogP contribution in [0.25, 0.3) is 11.4 Å². The van der Waals surface area contributed by atoms with Gasteiger partial charge in [-0.3, -0.25) is 4.90 Å². The molecule has 0 bridgehead atoms. The van der Waals surface area contributed by atoms with Crippen LogP contribution in [-0.4, -0.2) is 99.4 Å². The highest BCUT2D eigenvalue weighted by Gasteiger charge is 2.33. The van der Waals surface area contributed by atoms with Crippen LogP contribution in [0.4, 0.5) is 0 Å². The van der Waals surface area contributed by atoms with Gasteiger partial charge in [0.05, 0.1) is 0 Å². The van der Waals surface area contributed by atoms with E-state index in [1.165, 1.54) is 18.7 Å². The minimum absolute atomic E-state index is 0.285. The number of likely N-dealkylation sites (tertiary alicyclic amines) is 1. The Morgan fingerprint density at radius 3 is 2.36 bits per heavy atom. The summed E-state index contributed by atoms with van der Waals surface area (Å²) in [7, 11) is 0. The van der Waals surface area contributed by atoms with Gasteiger partial charge in [-0.25, -0.2) is 0 Å². The summed E-state index contributed by atoms with van der Waals surface area (Å²) in [6.07, 6.45) is 0. The van der Waals surface area contributed by atoms with Crippen LogP contribution in [0.3, 0.4) is 0 Å². The molecule has 152 valence electrons. The van der Waals surface area contributed by atoms with Crippen LogP contribution < -0.4 is 0 Å². The van der Waals surface area contributed by atoms with Crippen LogP contribution in [0.5, 0.6) is 0 Å².